The monoisotopic (exact) mass is 498 g/mol. The van der Waals surface area contributed by atoms with E-state index in [1.807, 2.05) is 6.20 Å². The predicted molar refractivity (Wildman–Crippen MR) is 160 cm³/mol. The average molecular weight is 499 g/mol. The third kappa shape index (κ3) is 7.53. The molecule has 2 heteroatoms. The molecule has 200 valence electrons. The first kappa shape index (κ1) is 29.1. The number of hydrogen-bond donors (Lipinski definition) is 0. The van der Waals surface area contributed by atoms with Gasteiger partial charge >= 0.3 is 0 Å². The largest absolute Gasteiger partial charge is 0.261 e. The zero-order valence-electron chi connectivity index (χ0n) is 25.1. The number of pyridine rings is 2. The quantitative estimate of drug-likeness (QED) is 0.263. The highest BCUT2D eigenvalue weighted by molar-refractivity contribution is 5.33. The van der Waals surface area contributed by atoms with E-state index in [4.69, 9.17) is 4.98 Å². The number of aryl methyl sites for hydroxylation is 1. The van der Waals surface area contributed by atoms with Crippen molar-refractivity contribution in [2.24, 2.45) is 0 Å². The number of rotatable bonds is 11. The first-order chi connectivity index (χ1) is 17.4. The third-order valence-electron chi connectivity index (χ3n) is 8.28. The van der Waals surface area contributed by atoms with Gasteiger partial charge in [-0.05, 0) is 95.7 Å². The van der Waals surface area contributed by atoms with Crippen LogP contribution in [-0.2, 0) is 5.41 Å². The Kier molecular flexibility index (Phi) is 9.73. The summed E-state index contributed by atoms with van der Waals surface area (Å²) >= 11 is 0. The highest BCUT2D eigenvalue weighted by Gasteiger charge is 2.27. The molecule has 0 bridgehead atoms. The summed E-state index contributed by atoms with van der Waals surface area (Å²) in [6.07, 6.45) is 7.46. The molecule has 0 aliphatic heterocycles. The zero-order valence-corrected chi connectivity index (χ0v) is 25.1. The van der Waals surface area contributed by atoms with E-state index in [9.17, 15) is 0 Å². The van der Waals surface area contributed by atoms with Gasteiger partial charge in [0.25, 0.3) is 0 Å². The summed E-state index contributed by atoms with van der Waals surface area (Å²) in [4.78, 5) is 9.62. The van der Waals surface area contributed by atoms with Crippen molar-refractivity contribution in [3.8, 4) is 0 Å². The molecule has 0 spiro atoms. The van der Waals surface area contributed by atoms with E-state index in [1.54, 1.807) is 0 Å². The third-order valence-corrected chi connectivity index (χ3v) is 8.28. The van der Waals surface area contributed by atoms with Crippen molar-refractivity contribution in [3.63, 3.8) is 0 Å². The molecule has 0 aliphatic carbocycles. The summed E-state index contributed by atoms with van der Waals surface area (Å²) in [5, 5.41) is 0. The molecule has 0 fully saturated rings. The van der Waals surface area contributed by atoms with Gasteiger partial charge in [-0.1, -0.05) is 92.6 Å². The van der Waals surface area contributed by atoms with Gasteiger partial charge in [-0.2, -0.15) is 0 Å². The van der Waals surface area contributed by atoms with Gasteiger partial charge in [0, 0.05) is 29.2 Å². The molecular weight excluding hydrogens is 448 g/mol. The molecule has 0 saturated heterocycles. The first-order valence-electron chi connectivity index (χ1n) is 14.4. The second-order valence-corrected chi connectivity index (χ2v) is 12.8. The fourth-order valence-electron chi connectivity index (χ4n) is 5.68. The Bertz CT molecular complexity index is 1160. The lowest BCUT2D eigenvalue weighted by molar-refractivity contribution is 0.424. The zero-order chi connectivity index (χ0) is 27.3. The molecule has 3 rings (SSSR count). The van der Waals surface area contributed by atoms with Crippen LogP contribution in [0.5, 0.6) is 0 Å². The molecule has 3 unspecified atom stereocenters. The van der Waals surface area contributed by atoms with Gasteiger partial charge in [0.2, 0.25) is 0 Å². The van der Waals surface area contributed by atoms with Crippen molar-refractivity contribution < 1.29 is 0 Å². The van der Waals surface area contributed by atoms with Gasteiger partial charge in [-0.15, -0.1) is 0 Å². The highest BCUT2D eigenvalue weighted by Crippen LogP contribution is 2.37. The molecular formula is C35H50N2. The molecule has 0 saturated carbocycles. The smallest absolute Gasteiger partial charge is 0.0489 e. The molecule has 2 nitrogen and oxygen atoms in total. The van der Waals surface area contributed by atoms with Crippen LogP contribution in [0.2, 0.25) is 0 Å². The van der Waals surface area contributed by atoms with E-state index >= 15 is 0 Å². The van der Waals surface area contributed by atoms with Gasteiger partial charge in [0.05, 0.1) is 0 Å². The van der Waals surface area contributed by atoms with Crippen molar-refractivity contribution in [1.82, 2.24) is 9.97 Å². The number of hydrogen-bond acceptors (Lipinski definition) is 2. The van der Waals surface area contributed by atoms with Crippen LogP contribution in [0.3, 0.4) is 0 Å². The standard InChI is InChI=1S/C35H50N2/c1-23(2)29-16-17-36-33(20-29)26(6)15-14-25(5)30-12-11-13-31(19-30)28(8)21-35(9,10)34-27(7)18-32(22-37-34)24(3)4/h11-13,16-20,22-26,28H,14-15,21H2,1-10H3. The van der Waals surface area contributed by atoms with Gasteiger partial charge < -0.3 is 0 Å². The van der Waals surface area contributed by atoms with Crippen LogP contribution in [0.15, 0.2) is 54.9 Å². The molecule has 0 amide bonds. The Morgan fingerprint density at radius 3 is 1.92 bits per heavy atom. The summed E-state index contributed by atoms with van der Waals surface area (Å²) in [5.74, 6) is 2.53. The van der Waals surface area contributed by atoms with E-state index in [0.717, 1.165) is 12.8 Å². The van der Waals surface area contributed by atoms with Crippen LogP contribution >= 0.6 is 0 Å². The molecule has 2 heterocycles. The molecule has 0 aliphatic rings. The van der Waals surface area contributed by atoms with Crippen LogP contribution in [0.1, 0.15) is 150 Å². The molecule has 3 aromatic rings. The van der Waals surface area contributed by atoms with Gasteiger partial charge in [-0.3, -0.25) is 9.97 Å². The topological polar surface area (TPSA) is 25.8 Å². The van der Waals surface area contributed by atoms with Crippen molar-refractivity contribution in [1.29, 1.82) is 0 Å². The van der Waals surface area contributed by atoms with Gasteiger partial charge in [0.15, 0.2) is 0 Å². The van der Waals surface area contributed by atoms with E-state index < -0.39 is 0 Å². The summed E-state index contributed by atoms with van der Waals surface area (Å²) in [6, 6.07) is 16.1. The van der Waals surface area contributed by atoms with E-state index in [0.29, 0.717) is 29.6 Å². The SMILES string of the molecule is Cc1cc(C(C)C)cnc1C(C)(C)CC(C)c1cccc(C(C)CCC(C)c2cc(C(C)C)ccn2)c1. The van der Waals surface area contributed by atoms with E-state index in [2.05, 4.69) is 123 Å². The van der Waals surface area contributed by atoms with Crippen LogP contribution in [0, 0.1) is 6.92 Å². The number of nitrogens with zero attached hydrogens (tertiary/aromatic N) is 2. The van der Waals surface area contributed by atoms with E-state index in [-0.39, 0.29) is 5.41 Å². The highest BCUT2D eigenvalue weighted by atomic mass is 14.7. The molecule has 37 heavy (non-hydrogen) atoms. The molecule has 1 aromatic carbocycles. The van der Waals surface area contributed by atoms with Crippen LogP contribution in [0.25, 0.3) is 0 Å². The Hall–Kier alpha value is -2.48. The van der Waals surface area contributed by atoms with Crippen molar-refractivity contribution >= 4 is 0 Å². The predicted octanol–water partition coefficient (Wildman–Crippen LogP) is 10.2. The fourth-order valence-corrected chi connectivity index (χ4v) is 5.68. The van der Waals surface area contributed by atoms with Crippen LogP contribution < -0.4 is 0 Å². The maximum Gasteiger partial charge on any atom is 0.0489 e. The first-order valence-corrected chi connectivity index (χ1v) is 14.4. The molecule has 0 N–H and O–H groups in total. The maximum absolute atomic E-state index is 4.94. The summed E-state index contributed by atoms with van der Waals surface area (Å²) in [6.45, 7) is 23.0. The number of aromatic nitrogens is 2. The molecule has 3 atom stereocenters. The number of benzene rings is 1. The Balaban J connectivity index is 1.66. The Morgan fingerprint density at radius 1 is 0.676 bits per heavy atom. The summed E-state index contributed by atoms with van der Waals surface area (Å²) < 4.78 is 0. The van der Waals surface area contributed by atoms with Crippen LogP contribution in [0.4, 0.5) is 0 Å². The second kappa shape index (κ2) is 12.4. The lowest BCUT2D eigenvalue weighted by Crippen LogP contribution is -2.23. The van der Waals surface area contributed by atoms with Gasteiger partial charge in [0.1, 0.15) is 0 Å². The molecule has 2 aromatic heterocycles. The fraction of sp³-hybridized carbons (Fsp3) is 0.543. The van der Waals surface area contributed by atoms with Crippen molar-refractivity contribution in [2.45, 2.75) is 124 Å². The molecule has 0 radical (unpaired) electrons. The second-order valence-electron chi connectivity index (χ2n) is 12.8. The normalized spacial score (nSPS) is 14.7. The minimum atomic E-state index is 0.0214. The Morgan fingerprint density at radius 2 is 1.30 bits per heavy atom. The van der Waals surface area contributed by atoms with Crippen LogP contribution in [-0.4, -0.2) is 9.97 Å². The minimum absolute atomic E-state index is 0.0214. The van der Waals surface area contributed by atoms with Gasteiger partial charge in [-0.25, -0.2) is 0 Å². The maximum atomic E-state index is 4.94. The summed E-state index contributed by atoms with van der Waals surface area (Å²) in [5.41, 5.74) is 9.40. The lowest BCUT2D eigenvalue weighted by Gasteiger charge is -2.30. The minimum Gasteiger partial charge on any atom is -0.261 e. The van der Waals surface area contributed by atoms with Crippen molar-refractivity contribution in [2.75, 3.05) is 0 Å². The van der Waals surface area contributed by atoms with E-state index in [1.165, 1.54) is 45.6 Å². The Labute approximate surface area is 227 Å². The lowest BCUT2D eigenvalue weighted by atomic mass is 9.76. The van der Waals surface area contributed by atoms with Crippen molar-refractivity contribution in [3.05, 3.63) is 94.1 Å². The average Bonchev–Trinajstić information content (AvgIpc) is 2.86. The summed E-state index contributed by atoms with van der Waals surface area (Å²) in [7, 11) is 0.